The predicted molar refractivity (Wildman–Crippen MR) is 348 cm³/mol. The third-order valence-electron chi connectivity index (χ3n) is 14.7. The Morgan fingerprint density at radius 1 is 0.183 bits per heavy atom. The zero-order chi connectivity index (χ0) is 54.6. The van der Waals surface area contributed by atoms with Gasteiger partial charge in [0.05, 0.1) is 20.4 Å². The van der Waals surface area contributed by atoms with E-state index >= 15 is 0 Å². The van der Waals surface area contributed by atoms with Gasteiger partial charge in [0.1, 0.15) is 10.0 Å². The second-order valence-electron chi connectivity index (χ2n) is 19.9. The van der Waals surface area contributed by atoms with Crippen molar-refractivity contribution in [3.8, 4) is 32.3 Å². The minimum atomic E-state index is 1.02. The van der Waals surface area contributed by atoms with Crippen LogP contribution < -0.4 is 19.6 Å². The molecule has 0 amide bonds. The Kier molecular flexibility index (Phi) is 13.6. The number of hydrogen-bond donors (Lipinski definition) is 0. The number of hydrogen-bond acceptors (Lipinski definition) is 8. The SMILES string of the molecule is c1ccc(N(c2ccc(-c3ccc(N(c4ccccc4)c4ccc(N(c5ccccc5)c5ccc(-c6nc7ccccc7s6)cc5)cc4)cc3)cc2)c2ccc(N(c3ccccc3)c3ccc(-c4nc5ccccc5s4)cc3)cc2)cc1. The molecule has 6 nitrogen and oxygen atoms in total. The molecule has 0 fully saturated rings. The maximum atomic E-state index is 4.92. The van der Waals surface area contributed by atoms with Crippen molar-refractivity contribution in [3.05, 3.63) is 315 Å². The second kappa shape index (κ2) is 22.4. The molecule has 14 aromatic rings. The lowest BCUT2D eigenvalue weighted by Crippen LogP contribution is -2.12. The average molecular weight is 1090 g/mol. The normalized spacial score (nSPS) is 11.2. The van der Waals surface area contributed by atoms with Crippen LogP contribution in [0.25, 0.3) is 52.7 Å². The lowest BCUT2D eigenvalue weighted by atomic mass is 10.0. The summed E-state index contributed by atoms with van der Waals surface area (Å²) in [5, 5.41) is 2.04. The highest BCUT2D eigenvalue weighted by atomic mass is 32.1. The molecule has 0 saturated carbocycles. The predicted octanol–water partition coefficient (Wildman–Crippen LogP) is 21.8. The van der Waals surface area contributed by atoms with Gasteiger partial charge in [-0.25, -0.2) is 9.97 Å². The van der Waals surface area contributed by atoms with E-state index in [9.17, 15) is 0 Å². The van der Waals surface area contributed by atoms with Gasteiger partial charge in [-0.2, -0.15) is 0 Å². The fourth-order valence-corrected chi connectivity index (χ4v) is 12.6. The van der Waals surface area contributed by atoms with Crippen molar-refractivity contribution in [2.24, 2.45) is 0 Å². The first-order valence-electron chi connectivity index (χ1n) is 27.4. The van der Waals surface area contributed by atoms with Crippen molar-refractivity contribution in [1.29, 1.82) is 0 Å². The Hall–Kier alpha value is -10.4. The first kappa shape index (κ1) is 49.9. The molecule has 8 heteroatoms. The average Bonchev–Trinajstić information content (AvgIpc) is 4.32. The van der Waals surface area contributed by atoms with E-state index in [1.54, 1.807) is 22.7 Å². The fourth-order valence-electron chi connectivity index (χ4n) is 10.7. The van der Waals surface area contributed by atoms with Gasteiger partial charge in [0.25, 0.3) is 0 Å². The summed E-state index contributed by atoms with van der Waals surface area (Å²) in [6.07, 6.45) is 0. The first-order valence-corrected chi connectivity index (χ1v) is 29.0. The van der Waals surface area contributed by atoms with Gasteiger partial charge >= 0.3 is 0 Å². The smallest absolute Gasteiger partial charge is 0.124 e. The molecule has 14 rings (SSSR count). The van der Waals surface area contributed by atoms with Crippen molar-refractivity contribution >= 4 is 111 Å². The minimum Gasteiger partial charge on any atom is -0.311 e. The third-order valence-corrected chi connectivity index (χ3v) is 16.9. The largest absolute Gasteiger partial charge is 0.311 e. The van der Waals surface area contributed by atoms with Gasteiger partial charge in [0.15, 0.2) is 0 Å². The number of anilines is 12. The highest BCUT2D eigenvalue weighted by Gasteiger charge is 2.20. The molecule has 12 aromatic carbocycles. The number of aromatic nitrogens is 2. The molecular weight excluding hydrogens is 1040 g/mol. The van der Waals surface area contributed by atoms with E-state index in [0.717, 1.165) is 112 Å². The molecule has 390 valence electrons. The number of nitrogens with zero attached hydrogens (tertiary/aromatic N) is 6. The molecule has 82 heavy (non-hydrogen) atoms. The van der Waals surface area contributed by atoms with Crippen LogP contribution in [-0.2, 0) is 0 Å². The maximum Gasteiger partial charge on any atom is 0.124 e. The summed E-state index contributed by atoms with van der Waals surface area (Å²) in [6, 6.07) is 112. The summed E-state index contributed by atoms with van der Waals surface area (Å²) in [4.78, 5) is 19.1. The van der Waals surface area contributed by atoms with E-state index in [0.29, 0.717) is 0 Å². The van der Waals surface area contributed by atoms with E-state index in [4.69, 9.17) is 9.97 Å². The molecule has 0 spiro atoms. The summed E-state index contributed by atoms with van der Waals surface area (Å²) in [7, 11) is 0. The van der Waals surface area contributed by atoms with Crippen LogP contribution in [0.15, 0.2) is 315 Å². The van der Waals surface area contributed by atoms with E-state index in [1.807, 2.05) is 12.1 Å². The minimum absolute atomic E-state index is 1.02. The van der Waals surface area contributed by atoms with Gasteiger partial charge in [-0.3, -0.25) is 0 Å². The number of rotatable bonds is 15. The first-order chi connectivity index (χ1) is 40.6. The van der Waals surface area contributed by atoms with E-state index in [1.165, 1.54) is 9.40 Å². The third kappa shape index (κ3) is 10.2. The number of para-hydroxylation sites is 6. The molecule has 0 saturated heterocycles. The Morgan fingerprint density at radius 3 is 0.622 bits per heavy atom. The Balaban J connectivity index is 0.727. The maximum absolute atomic E-state index is 4.92. The Morgan fingerprint density at radius 2 is 0.378 bits per heavy atom. The molecule has 0 bridgehead atoms. The zero-order valence-corrected chi connectivity index (χ0v) is 46.2. The molecular formula is C74H52N6S2. The van der Waals surface area contributed by atoms with Gasteiger partial charge in [0.2, 0.25) is 0 Å². The summed E-state index contributed by atoms with van der Waals surface area (Å²) in [6.45, 7) is 0. The Bertz CT molecular complexity index is 4050. The number of thiazole rings is 2. The molecule has 0 N–H and O–H groups in total. The van der Waals surface area contributed by atoms with Gasteiger partial charge in [-0.05, 0) is 205 Å². The topological polar surface area (TPSA) is 38.7 Å². The van der Waals surface area contributed by atoms with Gasteiger partial charge in [-0.1, -0.05) is 121 Å². The van der Waals surface area contributed by atoms with Crippen LogP contribution in [0.2, 0.25) is 0 Å². The standard InChI is InChI=1S/C74H52N6S2/c1-5-17-57(18-6-1)77(65-45-49-67(50-46-65)79(59-21-9-3-10-22-59)63-41-33-55(34-42-63)73-75-69-25-13-15-27-71(69)81-73)61-37-29-53(30-38-61)54-31-39-62(40-32-54)78(58-19-7-2-8-20-58)66-47-51-68(52-48-66)80(60-23-11-4-12-24-60)64-43-35-56(36-44-64)74-76-70-26-14-16-28-72(70)82-74/h1-52H. The molecule has 0 aliphatic rings. The summed E-state index contributed by atoms with van der Waals surface area (Å²) < 4.78 is 2.38. The number of benzene rings is 12. The Labute approximate surface area is 485 Å². The van der Waals surface area contributed by atoms with Crippen LogP contribution in [0.1, 0.15) is 0 Å². The quantitative estimate of drug-likeness (QED) is 0.102. The van der Waals surface area contributed by atoms with Crippen LogP contribution in [0.4, 0.5) is 68.2 Å². The molecule has 0 radical (unpaired) electrons. The van der Waals surface area contributed by atoms with Crippen molar-refractivity contribution in [2.75, 3.05) is 19.6 Å². The zero-order valence-electron chi connectivity index (χ0n) is 44.5. The van der Waals surface area contributed by atoms with Crippen LogP contribution >= 0.6 is 22.7 Å². The number of fused-ring (bicyclic) bond motifs is 2. The van der Waals surface area contributed by atoms with E-state index in [-0.39, 0.29) is 0 Å². The summed E-state index contributed by atoms with van der Waals surface area (Å²) in [5.74, 6) is 0. The van der Waals surface area contributed by atoms with Crippen molar-refractivity contribution in [3.63, 3.8) is 0 Å². The van der Waals surface area contributed by atoms with Gasteiger partial charge in [-0.15, -0.1) is 22.7 Å². The molecule has 2 heterocycles. The highest BCUT2D eigenvalue weighted by Crippen LogP contribution is 2.43. The van der Waals surface area contributed by atoms with Crippen molar-refractivity contribution in [1.82, 2.24) is 9.97 Å². The van der Waals surface area contributed by atoms with Crippen LogP contribution in [-0.4, -0.2) is 9.97 Å². The molecule has 0 aliphatic heterocycles. The fraction of sp³-hybridized carbons (Fsp3) is 0. The monoisotopic (exact) mass is 1090 g/mol. The second-order valence-corrected chi connectivity index (χ2v) is 21.9. The lowest BCUT2D eigenvalue weighted by molar-refractivity contribution is 1.25. The van der Waals surface area contributed by atoms with Crippen molar-refractivity contribution < 1.29 is 0 Å². The van der Waals surface area contributed by atoms with E-state index in [2.05, 4.69) is 323 Å². The van der Waals surface area contributed by atoms with Crippen LogP contribution in [0.5, 0.6) is 0 Å². The van der Waals surface area contributed by atoms with Gasteiger partial charge < -0.3 is 19.6 Å². The summed E-state index contributed by atoms with van der Waals surface area (Å²) in [5.41, 5.74) is 19.4. The molecule has 0 aliphatic carbocycles. The lowest BCUT2D eigenvalue weighted by Gasteiger charge is -2.28. The molecule has 0 atom stereocenters. The van der Waals surface area contributed by atoms with Gasteiger partial charge in [0, 0.05) is 79.4 Å². The highest BCUT2D eigenvalue weighted by molar-refractivity contribution is 7.22. The van der Waals surface area contributed by atoms with Crippen molar-refractivity contribution in [2.45, 2.75) is 0 Å². The van der Waals surface area contributed by atoms with Crippen LogP contribution in [0, 0.1) is 0 Å². The van der Waals surface area contributed by atoms with E-state index < -0.39 is 0 Å². The summed E-state index contributed by atoms with van der Waals surface area (Å²) >= 11 is 3.45. The van der Waals surface area contributed by atoms with Crippen LogP contribution in [0.3, 0.4) is 0 Å². The molecule has 2 aromatic heterocycles. The molecule has 0 unspecified atom stereocenters.